The molecule has 0 saturated heterocycles. The van der Waals surface area contributed by atoms with Crippen LogP contribution in [0, 0.1) is 0 Å². The monoisotopic (exact) mass is 397 g/mol. The van der Waals surface area contributed by atoms with Gasteiger partial charge >= 0.3 is 5.16 Å². The number of carbonyl (C=O) groups excluding carboxylic acids is 1. The molecule has 1 aliphatic rings. The molecule has 0 atom stereocenters. The lowest BCUT2D eigenvalue weighted by Crippen LogP contribution is -2.38. The number of nitrogens with zero attached hydrogens (tertiary/aromatic N) is 4. The molecule has 0 N–H and O–H groups in total. The third-order valence-corrected chi connectivity index (χ3v) is 5.73. The topological polar surface area (TPSA) is 50.0 Å². The van der Waals surface area contributed by atoms with Crippen molar-refractivity contribution in [2.24, 2.45) is 0 Å². The lowest BCUT2D eigenvalue weighted by Gasteiger charge is -2.29. The number of amides is 1. The molecule has 7 heteroatoms. The van der Waals surface area contributed by atoms with Crippen LogP contribution in [0.2, 0.25) is 5.02 Å². The summed E-state index contributed by atoms with van der Waals surface area (Å²) in [5.41, 5.74) is 3.06. The zero-order chi connectivity index (χ0) is 18.6. The smallest absolute Gasteiger partial charge is 0.311 e. The fourth-order valence-electron chi connectivity index (χ4n) is 3.22. The number of aromatic nitrogens is 3. The van der Waals surface area contributed by atoms with Crippen molar-refractivity contribution in [1.29, 1.82) is 0 Å². The van der Waals surface area contributed by atoms with Crippen molar-refractivity contribution in [2.75, 3.05) is 17.2 Å². The molecular weight excluding hydrogens is 380 g/mol. The van der Waals surface area contributed by atoms with Gasteiger partial charge in [0.05, 0.1) is 15.9 Å². The highest BCUT2D eigenvalue weighted by atomic mass is 35.5. The van der Waals surface area contributed by atoms with Crippen molar-refractivity contribution in [3.05, 3.63) is 71.5 Å². The summed E-state index contributed by atoms with van der Waals surface area (Å²) in [6, 6.07) is 15.6. The number of hydrogen-bond donors (Lipinski definition) is 0. The molecule has 0 aliphatic carbocycles. The lowest BCUT2D eigenvalue weighted by atomic mass is 10.0. The summed E-state index contributed by atoms with van der Waals surface area (Å²) in [5.74, 6) is 0.362. The third-order valence-electron chi connectivity index (χ3n) is 4.48. The van der Waals surface area contributed by atoms with Gasteiger partial charge in [0, 0.05) is 12.2 Å². The van der Waals surface area contributed by atoms with E-state index in [1.54, 1.807) is 12.4 Å². The average Bonchev–Trinajstić information content (AvgIpc) is 2.72. The van der Waals surface area contributed by atoms with Crippen LogP contribution >= 0.6 is 23.4 Å². The van der Waals surface area contributed by atoms with E-state index in [1.807, 2.05) is 51.9 Å². The van der Waals surface area contributed by atoms with E-state index in [0.717, 1.165) is 30.8 Å². The molecule has 2 heterocycles. The second-order valence-electron chi connectivity index (χ2n) is 6.18. The van der Waals surface area contributed by atoms with Crippen LogP contribution in [0.3, 0.4) is 0 Å². The summed E-state index contributed by atoms with van der Waals surface area (Å²) in [6.07, 6.45) is 5.41. The minimum absolute atomic E-state index is 0.0727. The van der Waals surface area contributed by atoms with Crippen molar-refractivity contribution in [3.63, 3.8) is 0 Å². The molecule has 0 spiro atoms. The third kappa shape index (κ3) is 3.82. The standard InChI is InChI=1S/C20H18ClN4OS/c21-16-8-2-4-10-18(16)25-13-11-22-23-20(25)27-14-19(26)24-12-5-7-15-6-1-3-9-17(15)24/h1-4,6,8-11,13H,5,7,12,14H2/q+1. The number of halogens is 1. The number of carbonyl (C=O) groups is 1. The molecule has 27 heavy (non-hydrogen) atoms. The van der Waals surface area contributed by atoms with Crippen molar-refractivity contribution in [1.82, 2.24) is 10.2 Å². The number of thioether (sulfide) groups is 1. The van der Waals surface area contributed by atoms with Crippen LogP contribution < -0.4 is 9.47 Å². The number of benzene rings is 2. The van der Waals surface area contributed by atoms with E-state index in [9.17, 15) is 4.79 Å². The highest BCUT2D eigenvalue weighted by Crippen LogP contribution is 2.27. The fraction of sp³-hybridized carbons (Fsp3) is 0.200. The zero-order valence-electron chi connectivity index (χ0n) is 14.6. The number of hydrogen-bond acceptors (Lipinski definition) is 4. The summed E-state index contributed by atoms with van der Waals surface area (Å²) in [4.78, 5) is 14.7. The zero-order valence-corrected chi connectivity index (χ0v) is 16.2. The van der Waals surface area contributed by atoms with Crippen LogP contribution in [0.25, 0.3) is 5.69 Å². The molecule has 0 saturated carbocycles. The Morgan fingerprint density at radius 2 is 2.00 bits per heavy atom. The van der Waals surface area contributed by atoms with E-state index in [0.29, 0.717) is 10.2 Å². The van der Waals surface area contributed by atoms with Crippen LogP contribution in [0.1, 0.15) is 12.0 Å². The van der Waals surface area contributed by atoms with Gasteiger partial charge in [0.25, 0.3) is 0 Å². The number of rotatable bonds is 4. The minimum Gasteiger partial charge on any atom is -0.311 e. The molecule has 1 amide bonds. The van der Waals surface area contributed by atoms with Gasteiger partial charge in [-0.3, -0.25) is 4.79 Å². The Morgan fingerprint density at radius 3 is 2.89 bits per heavy atom. The van der Waals surface area contributed by atoms with Gasteiger partial charge in [-0.2, -0.15) is 4.57 Å². The van der Waals surface area contributed by atoms with Crippen LogP contribution in [0.15, 0.2) is 66.1 Å². The first-order valence-corrected chi connectivity index (χ1v) is 10.1. The average molecular weight is 398 g/mol. The highest BCUT2D eigenvalue weighted by Gasteiger charge is 2.25. The van der Waals surface area contributed by atoms with Crippen molar-refractivity contribution in [2.45, 2.75) is 18.0 Å². The van der Waals surface area contributed by atoms with Crippen LogP contribution in [-0.4, -0.2) is 28.4 Å². The van der Waals surface area contributed by atoms with Crippen LogP contribution in [-0.2, 0) is 11.2 Å². The maximum atomic E-state index is 12.9. The second kappa shape index (κ2) is 8.06. The molecular formula is C20H18ClN4OS+. The maximum Gasteiger partial charge on any atom is 0.391 e. The summed E-state index contributed by atoms with van der Waals surface area (Å²) >= 11 is 7.68. The Bertz CT molecular complexity index is 981. The number of para-hydroxylation sites is 2. The Kier molecular flexibility index (Phi) is 5.36. The Hall–Kier alpha value is -2.44. The first-order chi connectivity index (χ1) is 13.2. The Morgan fingerprint density at radius 1 is 1.19 bits per heavy atom. The van der Waals surface area contributed by atoms with Gasteiger partial charge in [-0.15, -0.1) is 0 Å². The van der Waals surface area contributed by atoms with Gasteiger partial charge in [0.1, 0.15) is 12.4 Å². The van der Waals surface area contributed by atoms with Gasteiger partial charge in [0.2, 0.25) is 5.91 Å². The molecule has 0 unspecified atom stereocenters. The van der Waals surface area contributed by atoms with E-state index in [-0.39, 0.29) is 11.7 Å². The quantitative estimate of drug-likeness (QED) is 0.499. The molecule has 0 radical (unpaired) electrons. The predicted molar refractivity (Wildman–Crippen MR) is 106 cm³/mol. The lowest BCUT2D eigenvalue weighted by molar-refractivity contribution is -0.642. The van der Waals surface area contributed by atoms with E-state index >= 15 is 0 Å². The number of aryl methyl sites for hydroxylation is 1. The first-order valence-electron chi connectivity index (χ1n) is 8.73. The molecule has 1 aliphatic heterocycles. The summed E-state index contributed by atoms with van der Waals surface area (Å²) in [6.45, 7) is 0.751. The van der Waals surface area contributed by atoms with Crippen LogP contribution in [0.5, 0.6) is 0 Å². The normalized spacial score (nSPS) is 13.3. The largest absolute Gasteiger partial charge is 0.391 e. The SMILES string of the molecule is O=C(CSc1nncc[n+]1-c1ccccc1Cl)N1CCCc2ccccc21. The molecule has 136 valence electrons. The number of anilines is 1. The van der Waals surface area contributed by atoms with Gasteiger partial charge in [-0.25, -0.2) is 0 Å². The van der Waals surface area contributed by atoms with Crippen LogP contribution in [0.4, 0.5) is 5.69 Å². The maximum absolute atomic E-state index is 12.9. The van der Waals surface area contributed by atoms with E-state index in [1.165, 1.54) is 17.3 Å². The van der Waals surface area contributed by atoms with E-state index < -0.39 is 0 Å². The molecule has 0 fully saturated rings. The number of fused-ring (bicyclic) bond motifs is 1. The van der Waals surface area contributed by atoms with Gasteiger partial charge < -0.3 is 4.90 Å². The Labute approximate surface area is 167 Å². The predicted octanol–water partition coefficient (Wildman–Crippen LogP) is 3.48. The summed E-state index contributed by atoms with van der Waals surface area (Å²) < 4.78 is 1.86. The van der Waals surface area contributed by atoms with Crippen molar-refractivity contribution < 1.29 is 9.36 Å². The molecule has 4 rings (SSSR count). The molecule has 2 aromatic carbocycles. The minimum atomic E-state index is 0.0727. The van der Waals surface area contributed by atoms with Crippen molar-refractivity contribution >= 4 is 35.0 Å². The fourth-order valence-corrected chi connectivity index (χ4v) is 4.26. The summed E-state index contributed by atoms with van der Waals surface area (Å²) in [5, 5.41) is 9.42. The van der Waals surface area contributed by atoms with Gasteiger partial charge in [-0.1, -0.05) is 41.9 Å². The summed E-state index contributed by atoms with van der Waals surface area (Å²) in [7, 11) is 0. The second-order valence-corrected chi connectivity index (χ2v) is 7.53. The molecule has 1 aromatic heterocycles. The first kappa shape index (κ1) is 17.9. The molecule has 0 bridgehead atoms. The Balaban J connectivity index is 1.54. The van der Waals surface area contributed by atoms with Gasteiger partial charge in [-0.05, 0) is 53.5 Å². The molecule has 5 nitrogen and oxygen atoms in total. The van der Waals surface area contributed by atoms with Crippen molar-refractivity contribution in [3.8, 4) is 5.69 Å². The van der Waals surface area contributed by atoms with E-state index in [4.69, 9.17) is 11.6 Å². The highest BCUT2D eigenvalue weighted by molar-refractivity contribution is 7.99. The van der Waals surface area contributed by atoms with Gasteiger partial charge in [0.15, 0.2) is 5.69 Å². The van der Waals surface area contributed by atoms with E-state index in [2.05, 4.69) is 16.3 Å². The molecule has 3 aromatic rings.